The maximum absolute atomic E-state index is 3.65. The van der Waals surface area contributed by atoms with Crippen molar-refractivity contribution in [3.63, 3.8) is 0 Å². The summed E-state index contributed by atoms with van der Waals surface area (Å²) in [6.07, 6.45) is 4.28. The average molecular weight is 515 g/mol. The number of halogens is 1. The molecule has 4 aromatic carbocycles. The number of nitrogens with zero attached hydrogens (tertiary/aromatic N) is 1. The van der Waals surface area contributed by atoms with Gasteiger partial charge in [0.1, 0.15) is 0 Å². The zero-order valence-electron chi connectivity index (χ0n) is 19.5. The van der Waals surface area contributed by atoms with Gasteiger partial charge in [-0.15, -0.1) is 0 Å². The molecule has 0 N–H and O–H groups in total. The molecule has 0 fully saturated rings. The zero-order valence-corrected chi connectivity index (χ0v) is 21.1. The first-order valence-corrected chi connectivity index (χ1v) is 13.2. The molecular formula is C33H25BrN+. The van der Waals surface area contributed by atoms with Gasteiger partial charge in [-0.1, -0.05) is 82.7 Å². The summed E-state index contributed by atoms with van der Waals surface area (Å²) >= 11 is 3.65. The zero-order chi connectivity index (χ0) is 23.4. The first kappa shape index (κ1) is 20.8. The predicted octanol–water partition coefficient (Wildman–Crippen LogP) is 7.92. The molecule has 2 aliphatic rings. The summed E-state index contributed by atoms with van der Waals surface area (Å²) in [5.74, 6) is 0. The van der Waals surface area contributed by atoms with Crippen molar-refractivity contribution in [2.75, 3.05) is 0 Å². The SMILES string of the molecule is Brc1ccc(-[n+]2c3c(c(-c4ccccc4)c4c2-c2ccccc2CC4)CCc2ccccc2-3)cc1. The van der Waals surface area contributed by atoms with Crippen LogP contribution in [0, 0.1) is 0 Å². The number of rotatable bonds is 2. The van der Waals surface area contributed by atoms with Crippen LogP contribution >= 0.6 is 15.9 Å². The second-order valence-corrected chi connectivity index (χ2v) is 10.4. The Morgan fingerprint density at radius 3 is 1.60 bits per heavy atom. The molecule has 0 spiro atoms. The first-order valence-electron chi connectivity index (χ1n) is 12.4. The Bertz CT molecular complexity index is 1510. The molecule has 168 valence electrons. The van der Waals surface area contributed by atoms with Gasteiger partial charge in [0, 0.05) is 33.3 Å². The van der Waals surface area contributed by atoms with Crippen LogP contribution in [-0.4, -0.2) is 0 Å². The number of hydrogen-bond donors (Lipinski definition) is 0. The summed E-state index contributed by atoms with van der Waals surface area (Å²) in [5.41, 5.74) is 15.3. The molecule has 0 aliphatic heterocycles. The molecule has 0 saturated carbocycles. The summed E-state index contributed by atoms with van der Waals surface area (Å²) in [5, 5.41) is 0. The standard InChI is InChI=1S/C33H25BrN/c34-25-16-18-26(19-17-25)35-32-27-12-6-4-8-22(27)14-20-29(32)31(24-10-2-1-3-11-24)30-21-15-23-9-5-7-13-28(23)33(30)35/h1-13,16-19H,14-15,20-21H2/q+1. The molecule has 7 rings (SSSR count). The van der Waals surface area contributed by atoms with Crippen molar-refractivity contribution in [1.82, 2.24) is 0 Å². The van der Waals surface area contributed by atoms with Crippen LogP contribution < -0.4 is 4.57 Å². The summed E-state index contributed by atoms with van der Waals surface area (Å²) in [4.78, 5) is 0. The van der Waals surface area contributed by atoms with Gasteiger partial charge in [0.15, 0.2) is 0 Å². The molecular weight excluding hydrogens is 490 g/mol. The van der Waals surface area contributed by atoms with E-state index in [2.05, 4.69) is 124 Å². The van der Waals surface area contributed by atoms with Crippen molar-refractivity contribution in [3.8, 4) is 39.3 Å². The highest BCUT2D eigenvalue weighted by atomic mass is 79.9. The van der Waals surface area contributed by atoms with Gasteiger partial charge in [0.2, 0.25) is 17.1 Å². The molecule has 1 aromatic heterocycles. The normalized spacial score (nSPS) is 13.4. The monoisotopic (exact) mass is 514 g/mol. The Hall–Kier alpha value is -3.49. The Kier molecular flexibility index (Phi) is 4.96. The van der Waals surface area contributed by atoms with E-state index in [4.69, 9.17) is 0 Å². The van der Waals surface area contributed by atoms with Crippen molar-refractivity contribution in [2.45, 2.75) is 25.7 Å². The van der Waals surface area contributed by atoms with Gasteiger partial charge in [0.05, 0.1) is 11.1 Å². The third-order valence-electron chi connectivity index (χ3n) is 7.60. The van der Waals surface area contributed by atoms with Crippen LogP contribution in [0.15, 0.2) is 108 Å². The number of benzene rings is 4. The number of hydrogen-bond acceptors (Lipinski definition) is 0. The number of aromatic nitrogens is 1. The highest BCUT2D eigenvalue weighted by Crippen LogP contribution is 2.45. The third-order valence-corrected chi connectivity index (χ3v) is 8.13. The van der Waals surface area contributed by atoms with E-state index in [0.717, 1.165) is 30.2 Å². The second-order valence-electron chi connectivity index (χ2n) is 9.52. The molecule has 1 nitrogen and oxygen atoms in total. The van der Waals surface area contributed by atoms with Crippen LogP contribution in [0.1, 0.15) is 22.3 Å². The predicted molar refractivity (Wildman–Crippen MR) is 147 cm³/mol. The van der Waals surface area contributed by atoms with Crippen molar-refractivity contribution in [1.29, 1.82) is 0 Å². The number of fused-ring (bicyclic) bond motifs is 6. The molecule has 0 bridgehead atoms. The van der Waals surface area contributed by atoms with Gasteiger partial charge < -0.3 is 0 Å². The fourth-order valence-electron chi connectivity index (χ4n) is 6.11. The molecule has 5 aromatic rings. The van der Waals surface area contributed by atoms with E-state index in [-0.39, 0.29) is 0 Å². The molecule has 0 saturated heterocycles. The molecule has 0 amide bonds. The Morgan fingerprint density at radius 2 is 1.03 bits per heavy atom. The van der Waals surface area contributed by atoms with Crippen LogP contribution in [0.25, 0.3) is 39.3 Å². The van der Waals surface area contributed by atoms with Gasteiger partial charge in [-0.05, 0) is 66.6 Å². The van der Waals surface area contributed by atoms with Crippen molar-refractivity contribution >= 4 is 15.9 Å². The van der Waals surface area contributed by atoms with E-state index in [1.807, 2.05) is 0 Å². The van der Waals surface area contributed by atoms with Crippen molar-refractivity contribution in [2.24, 2.45) is 0 Å². The summed E-state index contributed by atoms with van der Waals surface area (Å²) < 4.78 is 3.67. The summed E-state index contributed by atoms with van der Waals surface area (Å²) in [6, 6.07) is 37.9. The van der Waals surface area contributed by atoms with Crippen molar-refractivity contribution in [3.05, 3.63) is 130 Å². The smallest absolute Gasteiger partial charge is 0.152 e. The Labute approximate surface area is 214 Å². The van der Waals surface area contributed by atoms with Crippen LogP contribution in [0.4, 0.5) is 0 Å². The minimum atomic E-state index is 1.06. The molecule has 35 heavy (non-hydrogen) atoms. The fraction of sp³-hybridized carbons (Fsp3) is 0.121. The van der Waals surface area contributed by atoms with Crippen LogP contribution in [-0.2, 0) is 25.7 Å². The first-order chi connectivity index (χ1) is 17.3. The maximum Gasteiger partial charge on any atom is 0.223 e. The maximum atomic E-state index is 3.65. The molecule has 2 heteroatoms. The molecule has 2 aliphatic carbocycles. The Balaban J connectivity index is 1.69. The fourth-order valence-corrected chi connectivity index (χ4v) is 6.38. The number of aryl methyl sites for hydroxylation is 2. The lowest BCUT2D eigenvalue weighted by molar-refractivity contribution is -0.573. The Morgan fingerprint density at radius 1 is 0.514 bits per heavy atom. The van der Waals surface area contributed by atoms with Crippen molar-refractivity contribution < 1.29 is 4.57 Å². The minimum absolute atomic E-state index is 1.06. The highest BCUT2D eigenvalue weighted by molar-refractivity contribution is 9.10. The second kappa shape index (κ2) is 8.32. The van der Waals surface area contributed by atoms with E-state index < -0.39 is 0 Å². The van der Waals surface area contributed by atoms with Crippen LogP contribution in [0.2, 0.25) is 0 Å². The van der Waals surface area contributed by atoms with Gasteiger partial charge in [0.25, 0.3) is 0 Å². The topological polar surface area (TPSA) is 3.88 Å². The quantitative estimate of drug-likeness (QED) is 0.210. The van der Waals surface area contributed by atoms with E-state index in [1.165, 1.54) is 61.6 Å². The van der Waals surface area contributed by atoms with Crippen LogP contribution in [0.5, 0.6) is 0 Å². The minimum Gasteiger partial charge on any atom is -0.152 e. The molecule has 0 atom stereocenters. The summed E-state index contributed by atoms with van der Waals surface area (Å²) in [6.45, 7) is 0. The van der Waals surface area contributed by atoms with Gasteiger partial charge in [-0.3, -0.25) is 0 Å². The van der Waals surface area contributed by atoms with E-state index >= 15 is 0 Å². The van der Waals surface area contributed by atoms with Gasteiger partial charge in [-0.2, -0.15) is 4.57 Å². The lowest BCUT2D eigenvalue weighted by Crippen LogP contribution is -2.41. The van der Waals surface area contributed by atoms with Crippen LogP contribution in [0.3, 0.4) is 0 Å². The average Bonchev–Trinajstić information content (AvgIpc) is 2.92. The molecule has 0 unspecified atom stereocenters. The van der Waals surface area contributed by atoms with E-state index in [1.54, 1.807) is 0 Å². The van der Waals surface area contributed by atoms with Gasteiger partial charge >= 0.3 is 0 Å². The third kappa shape index (κ3) is 3.31. The summed E-state index contributed by atoms with van der Waals surface area (Å²) in [7, 11) is 0. The van der Waals surface area contributed by atoms with Gasteiger partial charge in [-0.25, -0.2) is 0 Å². The largest absolute Gasteiger partial charge is 0.223 e. The lowest BCUT2D eigenvalue weighted by Gasteiger charge is -2.28. The molecule has 0 radical (unpaired) electrons. The number of pyridine rings is 1. The van der Waals surface area contributed by atoms with E-state index in [0.29, 0.717) is 0 Å². The lowest BCUT2D eigenvalue weighted by atomic mass is 9.77. The van der Waals surface area contributed by atoms with E-state index in [9.17, 15) is 0 Å². The highest BCUT2D eigenvalue weighted by Gasteiger charge is 2.38. The molecule has 1 heterocycles.